The maximum Gasteiger partial charge on any atom is 0.326 e. The van der Waals surface area contributed by atoms with E-state index < -0.39 is 83.7 Å². The number of aromatic hydroxyl groups is 1. The summed E-state index contributed by atoms with van der Waals surface area (Å²) in [5, 5.41) is 36.1. The van der Waals surface area contributed by atoms with E-state index >= 15 is 0 Å². The van der Waals surface area contributed by atoms with Crippen LogP contribution in [0.5, 0.6) is 5.75 Å². The number of nitrogens with zero attached hydrogens (tertiary/aromatic N) is 1. The van der Waals surface area contributed by atoms with Crippen molar-refractivity contribution < 1.29 is 43.8 Å². The Balaban J connectivity index is 1.64. The molecule has 1 heterocycles. The van der Waals surface area contributed by atoms with Gasteiger partial charge >= 0.3 is 12.0 Å². The van der Waals surface area contributed by atoms with Gasteiger partial charge in [-0.2, -0.15) is 0 Å². The van der Waals surface area contributed by atoms with Crippen molar-refractivity contribution in [3.8, 4) is 5.75 Å². The number of likely N-dealkylation sites (N-methyl/N-ethyl adjacent to an activating group) is 1. The third-order valence-electron chi connectivity index (χ3n) is 11.3. The summed E-state index contributed by atoms with van der Waals surface area (Å²) in [5.41, 5.74) is 2.41. The fraction of sp³-hybridized carbons (Fsp3) is 0.457. The monoisotopic (exact) mass is 855 g/mol. The van der Waals surface area contributed by atoms with E-state index in [4.69, 9.17) is 0 Å². The molecular formula is C46H61N7O9. The zero-order chi connectivity index (χ0) is 45.2. The first-order valence-electron chi connectivity index (χ1n) is 21.3. The molecule has 16 nitrogen and oxygen atoms in total. The van der Waals surface area contributed by atoms with E-state index in [0.29, 0.717) is 37.7 Å². The summed E-state index contributed by atoms with van der Waals surface area (Å²) in [4.78, 5) is 96.8. The zero-order valence-corrected chi connectivity index (χ0v) is 35.9. The number of urea groups is 1. The van der Waals surface area contributed by atoms with Crippen molar-refractivity contribution in [2.24, 2.45) is 5.92 Å². The number of rotatable bonds is 13. The largest absolute Gasteiger partial charge is 0.508 e. The molecule has 0 bridgehead atoms. The molecule has 0 aromatic heterocycles. The van der Waals surface area contributed by atoms with E-state index in [0.717, 1.165) is 11.1 Å². The molecule has 1 aliphatic heterocycles. The van der Waals surface area contributed by atoms with Crippen molar-refractivity contribution in [2.45, 2.75) is 115 Å². The SMILES string of the molecule is CC[C@H](C)[C@@H]1NC(=O)C(NC(=O)N[C@H](Cc2ccccc2)C(=O)O)CCCCNC(=O)[C@H](CCc2ccccc2)NC(=O)[C@H](C)N(C)C(=O)C(CCc2ccc(O)cc2)NC1=O. The lowest BCUT2D eigenvalue weighted by atomic mass is 9.96. The first-order chi connectivity index (χ1) is 29.7. The van der Waals surface area contributed by atoms with Gasteiger partial charge in [-0.3, -0.25) is 24.0 Å². The first kappa shape index (κ1) is 48.2. The normalized spacial score (nSPS) is 22.0. The van der Waals surface area contributed by atoms with E-state index in [2.05, 4.69) is 31.9 Å². The molecule has 334 valence electrons. The van der Waals surface area contributed by atoms with Crippen LogP contribution in [-0.2, 0) is 48.0 Å². The maximum absolute atomic E-state index is 14.3. The molecule has 3 aromatic carbocycles. The van der Waals surface area contributed by atoms with Crippen LogP contribution in [0.3, 0.4) is 0 Å². The number of hydrogen-bond donors (Lipinski definition) is 8. The average Bonchev–Trinajstić information content (AvgIpc) is 3.27. The molecule has 1 saturated heterocycles. The molecule has 3 aromatic rings. The van der Waals surface area contributed by atoms with Gasteiger partial charge in [0.2, 0.25) is 29.5 Å². The molecule has 0 radical (unpaired) electrons. The van der Waals surface area contributed by atoms with E-state index in [1.165, 1.54) is 31.0 Å². The Kier molecular flexibility index (Phi) is 18.8. The van der Waals surface area contributed by atoms with Crippen LogP contribution in [0.25, 0.3) is 0 Å². The fourth-order valence-electron chi connectivity index (χ4n) is 7.06. The van der Waals surface area contributed by atoms with E-state index in [1.54, 1.807) is 49.4 Å². The Morgan fingerprint density at radius 2 is 1.34 bits per heavy atom. The lowest BCUT2D eigenvalue weighted by Gasteiger charge is -2.32. The molecule has 0 aliphatic carbocycles. The zero-order valence-electron chi connectivity index (χ0n) is 35.9. The van der Waals surface area contributed by atoms with Gasteiger partial charge < -0.3 is 47.0 Å². The summed E-state index contributed by atoms with van der Waals surface area (Å²) >= 11 is 0. The number of hydrogen-bond acceptors (Lipinski definition) is 8. The Morgan fingerprint density at radius 1 is 0.758 bits per heavy atom. The number of nitrogens with one attached hydrogen (secondary N) is 6. The number of carboxylic acid groups (broad SMARTS) is 1. The standard InChI is InChI=1S/C46H61N7O9/c1-5-29(2)39-43(58)49-37(26-22-32-19-23-34(54)24-20-32)44(59)53(4)30(3)40(55)48-36(25-21-31-14-8-6-9-15-31)41(56)47-27-13-12-18-35(42(57)52-39)50-46(62)51-38(45(60)61)28-33-16-10-7-11-17-33/h6-11,14-17,19-20,23-24,29-30,35-39,54H,5,12-13,18,21-22,25-28H2,1-4H3,(H,47,56)(H,48,55)(H,49,58)(H,52,57)(H,60,61)(H2,50,51,62)/t29-,30-,35?,36-,37?,38+,39-/m0/s1. The van der Waals surface area contributed by atoms with Crippen LogP contribution in [0.15, 0.2) is 84.9 Å². The van der Waals surface area contributed by atoms with Crippen LogP contribution in [0.4, 0.5) is 4.79 Å². The van der Waals surface area contributed by atoms with Crippen LogP contribution < -0.4 is 31.9 Å². The van der Waals surface area contributed by atoms with Gasteiger partial charge in [-0.1, -0.05) is 93.1 Å². The van der Waals surface area contributed by atoms with E-state index in [9.17, 15) is 43.8 Å². The molecular weight excluding hydrogens is 795 g/mol. The number of carbonyl (C=O) groups is 7. The minimum atomic E-state index is -1.31. The van der Waals surface area contributed by atoms with Crippen LogP contribution in [-0.4, -0.2) is 106 Å². The summed E-state index contributed by atoms with van der Waals surface area (Å²) in [6.07, 6.45) is 2.32. The third-order valence-corrected chi connectivity index (χ3v) is 11.3. The highest BCUT2D eigenvalue weighted by atomic mass is 16.4. The molecule has 0 spiro atoms. The highest BCUT2D eigenvalue weighted by Gasteiger charge is 2.36. The Bertz CT molecular complexity index is 1970. The number of carbonyl (C=O) groups excluding carboxylic acids is 6. The van der Waals surface area contributed by atoms with Gasteiger partial charge in [-0.25, -0.2) is 9.59 Å². The van der Waals surface area contributed by atoms with Crippen LogP contribution in [0, 0.1) is 5.92 Å². The third kappa shape index (κ3) is 14.9. The van der Waals surface area contributed by atoms with Gasteiger partial charge in [0.05, 0.1) is 0 Å². The minimum absolute atomic E-state index is 0.0101. The fourth-order valence-corrected chi connectivity index (χ4v) is 7.06. The summed E-state index contributed by atoms with van der Waals surface area (Å²) in [6.45, 7) is 5.30. The Hall–Kier alpha value is -6.45. The van der Waals surface area contributed by atoms with Crippen LogP contribution in [0.1, 0.15) is 76.0 Å². The minimum Gasteiger partial charge on any atom is -0.508 e. The summed E-state index contributed by atoms with van der Waals surface area (Å²) in [7, 11) is 1.44. The topological polar surface area (TPSA) is 235 Å². The molecule has 1 fully saturated rings. The van der Waals surface area contributed by atoms with Gasteiger partial charge in [-0.15, -0.1) is 0 Å². The van der Waals surface area contributed by atoms with Crippen molar-refractivity contribution in [1.29, 1.82) is 0 Å². The van der Waals surface area contributed by atoms with Crippen molar-refractivity contribution in [3.05, 3.63) is 102 Å². The molecule has 1 aliphatic rings. The molecule has 2 unspecified atom stereocenters. The number of amides is 7. The number of benzene rings is 3. The summed E-state index contributed by atoms with van der Waals surface area (Å²) in [5.74, 6) is -4.60. The number of aliphatic carboxylic acids is 1. The Morgan fingerprint density at radius 3 is 1.95 bits per heavy atom. The second-order valence-corrected chi connectivity index (χ2v) is 15.9. The lowest BCUT2D eigenvalue weighted by molar-refractivity contribution is -0.142. The second-order valence-electron chi connectivity index (χ2n) is 15.9. The Labute approximate surface area is 363 Å². The maximum atomic E-state index is 14.3. The number of phenols is 1. The van der Waals surface area contributed by atoms with Crippen molar-refractivity contribution >= 4 is 41.5 Å². The van der Waals surface area contributed by atoms with Gasteiger partial charge in [0, 0.05) is 20.0 Å². The predicted octanol–water partition coefficient (Wildman–Crippen LogP) is 2.97. The van der Waals surface area contributed by atoms with Gasteiger partial charge in [0.25, 0.3) is 0 Å². The molecule has 7 atom stereocenters. The summed E-state index contributed by atoms with van der Waals surface area (Å²) in [6, 6.07) is 16.9. The number of aryl methyl sites for hydroxylation is 2. The van der Waals surface area contributed by atoms with Crippen molar-refractivity contribution in [1.82, 2.24) is 36.8 Å². The molecule has 0 saturated carbocycles. The van der Waals surface area contributed by atoms with Gasteiger partial charge in [0.1, 0.15) is 42.0 Å². The smallest absolute Gasteiger partial charge is 0.326 e. The quantitative estimate of drug-likeness (QED) is 0.126. The van der Waals surface area contributed by atoms with Crippen molar-refractivity contribution in [3.63, 3.8) is 0 Å². The highest BCUT2D eigenvalue weighted by molar-refractivity contribution is 5.96. The first-order valence-corrected chi connectivity index (χ1v) is 21.3. The van der Waals surface area contributed by atoms with Crippen LogP contribution in [0.2, 0.25) is 0 Å². The van der Waals surface area contributed by atoms with Gasteiger partial charge in [-0.05, 0) is 86.6 Å². The lowest BCUT2D eigenvalue weighted by Crippen LogP contribution is -2.60. The predicted molar refractivity (Wildman–Crippen MR) is 233 cm³/mol. The molecule has 4 rings (SSSR count). The molecule has 7 amide bonds. The van der Waals surface area contributed by atoms with E-state index in [-0.39, 0.29) is 38.0 Å². The number of phenolic OH excluding ortho intramolecular Hbond substituents is 1. The average molecular weight is 856 g/mol. The highest BCUT2D eigenvalue weighted by Crippen LogP contribution is 2.16. The van der Waals surface area contributed by atoms with Crippen LogP contribution >= 0.6 is 0 Å². The summed E-state index contributed by atoms with van der Waals surface area (Å²) < 4.78 is 0. The second kappa shape index (κ2) is 24.1. The molecule has 8 N–H and O–H groups in total. The molecule has 16 heteroatoms. The van der Waals surface area contributed by atoms with Crippen molar-refractivity contribution in [2.75, 3.05) is 13.6 Å². The number of carboxylic acids is 1. The van der Waals surface area contributed by atoms with Gasteiger partial charge in [0.15, 0.2) is 0 Å². The molecule has 62 heavy (non-hydrogen) atoms. The van der Waals surface area contributed by atoms with E-state index in [1.807, 2.05) is 37.3 Å².